The molecule has 3 unspecified atom stereocenters. The van der Waals surface area contributed by atoms with Crippen molar-refractivity contribution in [2.24, 2.45) is 17.8 Å². The molecule has 0 heterocycles. The van der Waals surface area contributed by atoms with Crippen LogP contribution in [0.25, 0.3) is 0 Å². The van der Waals surface area contributed by atoms with Gasteiger partial charge in [0.2, 0.25) is 0 Å². The van der Waals surface area contributed by atoms with E-state index in [0.29, 0.717) is 25.7 Å². The molecule has 0 aliphatic carbocycles. The first kappa shape index (κ1) is 85.1. The molecule has 0 aromatic rings. The fraction of sp³-hybridized carbons (Fsp3) is 0.941. The quantitative estimate of drug-likeness (QED) is 0.0222. The van der Waals surface area contributed by atoms with E-state index in [0.717, 1.165) is 114 Å². The van der Waals surface area contributed by atoms with Crippen molar-refractivity contribution in [1.82, 2.24) is 0 Å². The number of hydrogen-bond donors (Lipinski definition) is 3. The monoisotopic (exact) mass is 1280 g/mol. The molecule has 87 heavy (non-hydrogen) atoms. The highest BCUT2D eigenvalue weighted by Gasteiger charge is 2.30. The molecule has 0 aliphatic heterocycles. The first-order valence-corrected chi connectivity index (χ1v) is 38.4. The van der Waals surface area contributed by atoms with Gasteiger partial charge in [0, 0.05) is 25.7 Å². The van der Waals surface area contributed by atoms with E-state index in [1.54, 1.807) is 0 Å². The fourth-order valence-corrected chi connectivity index (χ4v) is 11.7. The van der Waals surface area contributed by atoms with Crippen LogP contribution < -0.4 is 0 Å². The van der Waals surface area contributed by atoms with Gasteiger partial charge in [0.1, 0.15) is 19.3 Å². The van der Waals surface area contributed by atoms with E-state index in [9.17, 15) is 43.2 Å². The molecule has 6 atom stereocenters. The highest BCUT2D eigenvalue weighted by Crippen LogP contribution is 2.45. The number of carbonyl (C=O) groups excluding carboxylic acids is 4. The zero-order chi connectivity index (χ0) is 64.5. The van der Waals surface area contributed by atoms with Crippen molar-refractivity contribution in [3.8, 4) is 0 Å². The van der Waals surface area contributed by atoms with Crippen molar-refractivity contribution in [3.63, 3.8) is 0 Å². The van der Waals surface area contributed by atoms with Crippen LogP contribution >= 0.6 is 15.6 Å². The van der Waals surface area contributed by atoms with E-state index in [1.807, 2.05) is 0 Å². The van der Waals surface area contributed by atoms with E-state index in [1.165, 1.54) is 141 Å². The van der Waals surface area contributed by atoms with E-state index in [2.05, 4.69) is 48.5 Å². The van der Waals surface area contributed by atoms with Gasteiger partial charge in [0.25, 0.3) is 0 Å². The highest BCUT2D eigenvalue weighted by atomic mass is 31.2. The van der Waals surface area contributed by atoms with Crippen LogP contribution in [0, 0.1) is 17.8 Å². The maximum absolute atomic E-state index is 13.0. The summed E-state index contributed by atoms with van der Waals surface area (Å²) < 4.78 is 68.1. The molecule has 0 aromatic carbocycles. The summed E-state index contributed by atoms with van der Waals surface area (Å²) in [5.41, 5.74) is 0. The molecule has 0 radical (unpaired) electrons. The minimum atomic E-state index is -4.95. The SMILES string of the molecule is CCCCCCCCCCC(=O)OC[C@H](COP(=O)(O)OC[C@H](O)COP(=O)(O)OC[C@@H](COC(=O)CCCCCCCCCCCCC(C)C)OC(=O)CCCCCCCCCCCCCCCC(C)C)OC(=O)CCCCCCCCC(C)CC. The molecule has 0 saturated carbocycles. The summed E-state index contributed by atoms with van der Waals surface area (Å²) in [6, 6.07) is 0. The van der Waals surface area contributed by atoms with Crippen molar-refractivity contribution in [2.45, 2.75) is 356 Å². The van der Waals surface area contributed by atoms with Crippen LogP contribution in [-0.4, -0.2) is 96.7 Å². The fourth-order valence-electron chi connectivity index (χ4n) is 10.2. The Bertz CT molecular complexity index is 1720. The molecule has 0 amide bonds. The number of unbranched alkanes of at least 4 members (excludes halogenated alkanes) is 33. The summed E-state index contributed by atoms with van der Waals surface area (Å²) in [7, 11) is -9.89. The Morgan fingerprint density at radius 3 is 0.874 bits per heavy atom. The lowest BCUT2D eigenvalue weighted by molar-refractivity contribution is -0.161. The van der Waals surface area contributed by atoms with Crippen LogP contribution in [0.5, 0.6) is 0 Å². The molecular formula is C68H132O17P2. The Hall–Kier alpha value is -1.94. The Kier molecular flexibility index (Phi) is 57.8. The average molecular weight is 1280 g/mol. The number of ether oxygens (including phenoxy) is 4. The predicted octanol–water partition coefficient (Wildman–Crippen LogP) is 19.1. The van der Waals surface area contributed by atoms with E-state index in [-0.39, 0.29) is 25.7 Å². The van der Waals surface area contributed by atoms with Crippen molar-refractivity contribution in [3.05, 3.63) is 0 Å². The zero-order valence-electron chi connectivity index (χ0n) is 56.5. The normalized spacial score (nSPS) is 14.6. The number of aliphatic hydroxyl groups is 1. The van der Waals surface area contributed by atoms with Crippen molar-refractivity contribution < 1.29 is 80.2 Å². The van der Waals surface area contributed by atoms with Crippen LogP contribution in [0.1, 0.15) is 337 Å². The molecule has 0 fully saturated rings. The number of esters is 4. The summed E-state index contributed by atoms with van der Waals surface area (Å²) in [4.78, 5) is 72.3. The largest absolute Gasteiger partial charge is 0.472 e. The molecule has 0 bridgehead atoms. The van der Waals surface area contributed by atoms with Gasteiger partial charge >= 0.3 is 39.5 Å². The summed E-state index contributed by atoms with van der Waals surface area (Å²) in [5, 5.41) is 10.6. The summed E-state index contributed by atoms with van der Waals surface area (Å²) in [6.45, 7) is 11.8. The average Bonchev–Trinajstić information content (AvgIpc) is 3.69. The summed E-state index contributed by atoms with van der Waals surface area (Å²) in [5.74, 6) is 0.132. The lowest BCUT2D eigenvalue weighted by Gasteiger charge is -2.21. The van der Waals surface area contributed by atoms with Crippen molar-refractivity contribution in [2.75, 3.05) is 39.6 Å². The molecule has 0 aromatic heterocycles. The van der Waals surface area contributed by atoms with Gasteiger partial charge in [0.05, 0.1) is 26.4 Å². The molecule has 0 spiro atoms. The maximum Gasteiger partial charge on any atom is 0.472 e. The van der Waals surface area contributed by atoms with Gasteiger partial charge in [-0.05, 0) is 43.4 Å². The van der Waals surface area contributed by atoms with Crippen LogP contribution in [0.4, 0.5) is 0 Å². The molecule has 3 N–H and O–H groups in total. The van der Waals surface area contributed by atoms with E-state index < -0.39 is 97.5 Å². The summed E-state index contributed by atoms with van der Waals surface area (Å²) >= 11 is 0. The van der Waals surface area contributed by atoms with Crippen LogP contribution in [0.3, 0.4) is 0 Å². The third-order valence-electron chi connectivity index (χ3n) is 16.0. The van der Waals surface area contributed by atoms with Gasteiger partial charge in [-0.15, -0.1) is 0 Å². The topological polar surface area (TPSA) is 237 Å². The van der Waals surface area contributed by atoms with Gasteiger partial charge in [-0.3, -0.25) is 37.3 Å². The standard InChI is InChI=1S/C68H132O17P2/c1-8-10-11-12-13-27-35-42-49-65(70)78-56-64(85-68(73)52-45-38-31-30-34-41-48-61(7)9-2)58-83-87(76,77)81-54-62(69)53-80-86(74,75)82-57-63(55-79-66(71)50-43-36-28-23-20-19-22-26-33-40-47-60(5)6)84-67(72)51-44-37-29-24-18-16-14-15-17-21-25-32-39-46-59(3)4/h59-64,69H,8-58H2,1-7H3,(H,74,75)(H,76,77)/t61?,62-,63-,64-/m1/s1. The zero-order valence-corrected chi connectivity index (χ0v) is 58.3. The van der Waals surface area contributed by atoms with Crippen molar-refractivity contribution >= 4 is 39.5 Å². The lowest BCUT2D eigenvalue weighted by Crippen LogP contribution is -2.30. The van der Waals surface area contributed by atoms with Gasteiger partial charge in [0.15, 0.2) is 12.2 Å². The highest BCUT2D eigenvalue weighted by molar-refractivity contribution is 7.47. The Balaban J connectivity index is 5.23. The number of rotatable bonds is 66. The molecule has 0 saturated heterocycles. The van der Waals surface area contributed by atoms with Crippen molar-refractivity contribution in [1.29, 1.82) is 0 Å². The van der Waals surface area contributed by atoms with Crippen LogP contribution in [-0.2, 0) is 65.4 Å². The third kappa shape index (κ3) is 61.3. The molecule has 17 nitrogen and oxygen atoms in total. The molecule has 516 valence electrons. The van der Waals surface area contributed by atoms with Crippen LogP contribution in [0.2, 0.25) is 0 Å². The Labute approximate surface area is 530 Å². The lowest BCUT2D eigenvalue weighted by atomic mass is 10.00. The maximum atomic E-state index is 13.0. The van der Waals surface area contributed by atoms with Gasteiger partial charge in [-0.2, -0.15) is 0 Å². The Morgan fingerprint density at radius 2 is 0.586 bits per heavy atom. The van der Waals surface area contributed by atoms with Gasteiger partial charge in [-0.1, -0.05) is 286 Å². The predicted molar refractivity (Wildman–Crippen MR) is 349 cm³/mol. The third-order valence-corrected chi connectivity index (χ3v) is 17.9. The minimum Gasteiger partial charge on any atom is -0.462 e. The second kappa shape index (κ2) is 59.1. The van der Waals surface area contributed by atoms with Crippen LogP contribution in [0.15, 0.2) is 0 Å². The number of phosphoric ester groups is 2. The first-order valence-electron chi connectivity index (χ1n) is 35.4. The molecule has 19 heteroatoms. The molecular weight excluding hydrogens is 1150 g/mol. The number of hydrogen-bond acceptors (Lipinski definition) is 15. The first-order chi connectivity index (χ1) is 41.8. The minimum absolute atomic E-state index is 0.102. The summed E-state index contributed by atoms with van der Waals surface area (Å²) in [6.07, 6.45) is 41.7. The van der Waals surface area contributed by atoms with Gasteiger partial charge < -0.3 is 33.8 Å². The molecule has 0 rings (SSSR count). The second-order valence-corrected chi connectivity index (χ2v) is 28.7. The number of phosphoric acid groups is 2. The Morgan fingerprint density at radius 1 is 0.333 bits per heavy atom. The molecule has 0 aliphatic rings. The number of aliphatic hydroxyl groups excluding tert-OH is 1. The van der Waals surface area contributed by atoms with Gasteiger partial charge in [-0.25, -0.2) is 9.13 Å². The van der Waals surface area contributed by atoms with E-state index in [4.69, 9.17) is 37.0 Å². The number of carbonyl (C=O) groups is 4. The second-order valence-electron chi connectivity index (χ2n) is 25.8. The van der Waals surface area contributed by atoms with E-state index >= 15 is 0 Å². The smallest absolute Gasteiger partial charge is 0.462 e.